The van der Waals surface area contributed by atoms with Gasteiger partial charge in [0.15, 0.2) is 15.8 Å². The molecular formula is C19H16N2O5S2. The van der Waals surface area contributed by atoms with Crippen molar-refractivity contribution in [2.45, 2.75) is 6.92 Å². The molecule has 1 saturated heterocycles. The number of non-ortho nitro benzene ring substituents is 1. The van der Waals surface area contributed by atoms with Gasteiger partial charge in [-0.3, -0.25) is 19.8 Å². The number of ether oxygens (including phenoxy) is 2. The maximum Gasteiger partial charge on any atom is 0.271 e. The summed E-state index contributed by atoms with van der Waals surface area (Å²) in [7, 11) is 1.55. The van der Waals surface area contributed by atoms with Crippen molar-refractivity contribution >= 4 is 51.7 Å². The van der Waals surface area contributed by atoms with Crippen LogP contribution in [0.1, 0.15) is 12.5 Å². The van der Waals surface area contributed by atoms with Crippen LogP contribution in [-0.2, 0) is 4.79 Å². The molecule has 1 heterocycles. The van der Waals surface area contributed by atoms with E-state index in [1.807, 2.05) is 13.0 Å². The van der Waals surface area contributed by atoms with Gasteiger partial charge in [-0.05, 0) is 36.8 Å². The molecule has 28 heavy (non-hydrogen) atoms. The van der Waals surface area contributed by atoms with Crippen LogP contribution in [0.15, 0.2) is 47.4 Å². The summed E-state index contributed by atoms with van der Waals surface area (Å²) < 4.78 is 11.1. The van der Waals surface area contributed by atoms with Gasteiger partial charge in [-0.2, -0.15) is 0 Å². The van der Waals surface area contributed by atoms with Gasteiger partial charge in [0, 0.05) is 12.1 Å². The molecule has 1 aliphatic heterocycles. The minimum absolute atomic E-state index is 0.105. The second-order valence-corrected chi connectivity index (χ2v) is 7.31. The van der Waals surface area contributed by atoms with E-state index in [2.05, 4.69) is 0 Å². The molecular weight excluding hydrogens is 400 g/mol. The standard InChI is InChI=1S/C19H16N2O5S2/c1-3-26-15-8-7-12(9-16(15)25-2)10-17-18(22)20(19(27)28-17)13-5-4-6-14(11-13)21(23)24/h4-11H,3H2,1-2H3/b17-10-. The number of carbonyl (C=O) groups excluding carboxylic acids is 1. The molecule has 0 N–H and O–H groups in total. The van der Waals surface area contributed by atoms with E-state index >= 15 is 0 Å². The fraction of sp³-hybridized carbons (Fsp3) is 0.158. The predicted molar refractivity (Wildman–Crippen MR) is 113 cm³/mol. The van der Waals surface area contributed by atoms with Crippen LogP contribution in [0.3, 0.4) is 0 Å². The molecule has 2 aromatic carbocycles. The molecule has 2 aromatic rings. The lowest BCUT2D eigenvalue weighted by molar-refractivity contribution is -0.384. The average molecular weight is 416 g/mol. The normalized spacial score (nSPS) is 15.2. The topological polar surface area (TPSA) is 81.9 Å². The first-order chi connectivity index (χ1) is 13.4. The molecule has 0 unspecified atom stereocenters. The van der Waals surface area contributed by atoms with Gasteiger partial charge in [0.1, 0.15) is 0 Å². The number of hydrogen-bond acceptors (Lipinski definition) is 7. The number of amides is 1. The highest BCUT2D eigenvalue weighted by Gasteiger charge is 2.34. The van der Waals surface area contributed by atoms with Crippen molar-refractivity contribution in [2.24, 2.45) is 0 Å². The molecule has 1 amide bonds. The van der Waals surface area contributed by atoms with Gasteiger partial charge in [-0.25, -0.2) is 0 Å². The van der Waals surface area contributed by atoms with E-state index in [-0.39, 0.29) is 11.6 Å². The van der Waals surface area contributed by atoms with Crippen LogP contribution in [0, 0.1) is 10.1 Å². The fourth-order valence-electron chi connectivity index (χ4n) is 2.64. The van der Waals surface area contributed by atoms with Crippen LogP contribution in [0.2, 0.25) is 0 Å². The SMILES string of the molecule is CCOc1ccc(/C=C2\SC(=S)N(c3cccc([N+](=O)[O-])c3)C2=O)cc1OC. The van der Waals surface area contributed by atoms with E-state index in [1.165, 1.54) is 23.1 Å². The van der Waals surface area contributed by atoms with Gasteiger partial charge in [0.05, 0.1) is 29.2 Å². The Kier molecular flexibility index (Phi) is 5.96. The van der Waals surface area contributed by atoms with Crippen molar-refractivity contribution in [1.82, 2.24) is 0 Å². The number of nitro groups is 1. The van der Waals surface area contributed by atoms with Gasteiger partial charge in [0.2, 0.25) is 0 Å². The average Bonchev–Trinajstić information content (AvgIpc) is 2.96. The van der Waals surface area contributed by atoms with Crippen LogP contribution < -0.4 is 14.4 Å². The summed E-state index contributed by atoms with van der Waals surface area (Å²) in [5.41, 5.74) is 1.01. The minimum atomic E-state index is -0.511. The molecule has 3 rings (SSSR count). The summed E-state index contributed by atoms with van der Waals surface area (Å²) >= 11 is 6.46. The molecule has 7 nitrogen and oxygen atoms in total. The predicted octanol–water partition coefficient (Wildman–Crippen LogP) is 4.41. The van der Waals surface area contributed by atoms with E-state index in [0.29, 0.717) is 33.0 Å². The summed E-state index contributed by atoms with van der Waals surface area (Å²) in [6, 6.07) is 11.2. The molecule has 1 aliphatic rings. The maximum absolute atomic E-state index is 12.8. The lowest BCUT2D eigenvalue weighted by Crippen LogP contribution is -2.27. The Hall–Kier alpha value is -2.91. The first-order valence-electron chi connectivity index (χ1n) is 8.28. The van der Waals surface area contributed by atoms with Gasteiger partial charge in [-0.15, -0.1) is 0 Å². The number of nitrogens with zero attached hydrogens (tertiary/aromatic N) is 2. The Labute approximate surface area is 171 Å². The highest BCUT2D eigenvalue weighted by Crippen LogP contribution is 2.38. The van der Waals surface area contributed by atoms with Crippen LogP contribution in [0.5, 0.6) is 11.5 Å². The summed E-state index contributed by atoms with van der Waals surface area (Å²) in [6.45, 7) is 2.39. The van der Waals surface area contributed by atoms with E-state index in [9.17, 15) is 14.9 Å². The number of nitro benzene ring substituents is 1. The molecule has 0 saturated carbocycles. The first kappa shape index (κ1) is 19.8. The summed E-state index contributed by atoms with van der Waals surface area (Å²) in [5, 5.41) is 11.0. The molecule has 0 bridgehead atoms. The Balaban J connectivity index is 1.91. The minimum Gasteiger partial charge on any atom is -0.493 e. The maximum atomic E-state index is 12.8. The smallest absolute Gasteiger partial charge is 0.271 e. The van der Waals surface area contributed by atoms with Crippen molar-refractivity contribution in [2.75, 3.05) is 18.6 Å². The van der Waals surface area contributed by atoms with Gasteiger partial charge in [-0.1, -0.05) is 36.1 Å². The largest absolute Gasteiger partial charge is 0.493 e. The van der Waals surface area contributed by atoms with Crippen molar-refractivity contribution in [3.05, 3.63) is 63.0 Å². The Morgan fingerprint density at radius 3 is 2.71 bits per heavy atom. The van der Waals surface area contributed by atoms with Crippen molar-refractivity contribution in [3.63, 3.8) is 0 Å². The molecule has 0 spiro atoms. The van der Waals surface area contributed by atoms with E-state index < -0.39 is 4.92 Å². The third kappa shape index (κ3) is 4.00. The monoisotopic (exact) mass is 416 g/mol. The Morgan fingerprint density at radius 1 is 1.25 bits per heavy atom. The lowest BCUT2D eigenvalue weighted by atomic mass is 10.1. The van der Waals surface area contributed by atoms with Crippen molar-refractivity contribution < 1.29 is 19.2 Å². The zero-order valence-corrected chi connectivity index (χ0v) is 16.7. The molecule has 0 aliphatic carbocycles. The molecule has 0 aromatic heterocycles. The second-order valence-electron chi connectivity index (χ2n) is 5.64. The zero-order chi connectivity index (χ0) is 20.3. The third-order valence-electron chi connectivity index (χ3n) is 3.88. The molecule has 9 heteroatoms. The quantitative estimate of drug-likeness (QED) is 0.299. The van der Waals surface area contributed by atoms with Crippen LogP contribution in [0.4, 0.5) is 11.4 Å². The van der Waals surface area contributed by atoms with Crippen molar-refractivity contribution in [1.29, 1.82) is 0 Å². The lowest BCUT2D eigenvalue weighted by Gasteiger charge is -2.14. The number of benzene rings is 2. The van der Waals surface area contributed by atoms with E-state index in [0.717, 1.165) is 17.3 Å². The number of methoxy groups -OCH3 is 1. The Bertz CT molecular complexity index is 990. The zero-order valence-electron chi connectivity index (χ0n) is 15.1. The molecule has 0 radical (unpaired) electrons. The van der Waals surface area contributed by atoms with Gasteiger partial charge < -0.3 is 9.47 Å². The van der Waals surface area contributed by atoms with Gasteiger partial charge >= 0.3 is 0 Å². The van der Waals surface area contributed by atoms with Crippen LogP contribution in [-0.4, -0.2) is 28.9 Å². The van der Waals surface area contributed by atoms with Crippen molar-refractivity contribution in [3.8, 4) is 11.5 Å². The fourth-order valence-corrected chi connectivity index (χ4v) is 3.94. The highest BCUT2D eigenvalue weighted by molar-refractivity contribution is 8.27. The van der Waals surface area contributed by atoms with E-state index in [1.54, 1.807) is 31.4 Å². The number of hydrogen-bond donors (Lipinski definition) is 0. The number of anilines is 1. The van der Waals surface area contributed by atoms with E-state index in [4.69, 9.17) is 21.7 Å². The van der Waals surface area contributed by atoms with Gasteiger partial charge in [0.25, 0.3) is 11.6 Å². The summed E-state index contributed by atoms with van der Waals surface area (Å²) in [6.07, 6.45) is 1.70. The number of rotatable bonds is 6. The molecule has 1 fully saturated rings. The highest BCUT2D eigenvalue weighted by atomic mass is 32.2. The summed E-state index contributed by atoms with van der Waals surface area (Å²) in [5.74, 6) is 0.847. The first-order valence-corrected chi connectivity index (χ1v) is 9.50. The Morgan fingerprint density at radius 2 is 2.04 bits per heavy atom. The third-order valence-corrected chi connectivity index (χ3v) is 5.18. The van der Waals surface area contributed by atoms with Crippen LogP contribution in [0.25, 0.3) is 6.08 Å². The molecule has 144 valence electrons. The second kappa shape index (κ2) is 8.41. The number of thioether (sulfide) groups is 1. The van der Waals surface area contributed by atoms with Crippen LogP contribution >= 0.6 is 24.0 Å². The number of thiocarbonyl (C=S) groups is 1. The number of carbonyl (C=O) groups is 1. The summed E-state index contributed by atoms with van der Waals surface area (Å²) in [4.78, 5) is 25.1. The molecule has 0 atom stereocenters.